The molecular formula is C15H34N2O. The molecule has 1 heterocycles. The number of ketones is 1. The van der Waals surface area contributed by atoms with Crippen LogP contribution in [0, 0.1) is 0 Å². The molecule has 0 bridgehead atoms. The fraction of sp³-hybridized carbons (Fsp3) is 0.933. The molecule has 1 aliphatic heterocycles. The first-order valence-corrected chi connectivity index (χ1v) is 7.63. The maximum absolute atomic E-state index is 11.3. The summed E-state index contributed by atoms with van der Waals surface area (Å²) in [5.41, 5.74) is 5.84. The lowest BCUT2D eigenvalue weighted by molar-refractivity contribution is -0.120. The second-order valence-corrected chi connectivity index (χ2v) is 4.29. The molecule has 1 saturated heterocycles. The number of carbonyl (C=O) groups is 1. The van der Waals surface area contributed by atoms with Crippen molar-refractivity contribution < 1.29 is 4.79 Å². The second-order valence-electron chi connectivity index (χ2n) is 4.29. The Hall–Kier alpha value is -0.410. The Kier molecular flexibility index (Phi) is 14.4. The number of piperidine rings is 1. The fourth-order valence-corrected chi connectivity index (χ4v) is 2.13. The van der Waals surface area contributed by atoms with Crippen LogP contribution in [0.4, 0.5) is 0 Å². The van der Waals surface area contributed by atoms with Gasteiger partial charge in [0.1, 0.15) is 5.78 Å². The number of nitrogens with two attached hydrogens (primary N) is 1. The smallest absolute Gasteiger partial charge is 0.149 e. The summed E-state index contributed by atoms with van der Waals surface area (Å²) in [7, 11) is 2.13. The summed E-state index contributed by atoms with van der Waals surface area (Å²) < 4.78 is 0. The molecule has 0 spiro atoms. The standard InChI is InChI=1S/C11H22N2O.2C2H6/c1-3-11(14)10(12)8-9-6-4-5-7-13(9)2;2*1-2/h9-10H,3-8,12H2,1-2H3;2*1-2H3. The molecule has 1 rings (SSSR count). The Morgan fingerprint density at radius 3 is 2.28 bits per heavy atom. The van der Waals surface area contributed by atoms with Gasteiger partial charge in [-0.2, -0.15) is 0 Å². The zero-order valence-electron chi connectivity index (χ0n) is 13.3. The molecule has 0 saturated carbocycles. The number of hydrogen-bond acceptors (Lipinski definition) is 3. The van der Waals surface area contributed by atoms with Gasteiger partial charge in [-0.1, -0.05) is 41.0 Å². The van der Waals surface area contributed by atoms with Gasteiger partial charge in [-0.3, -0.25) is 4.79 Å². The van der Waals surface area contributed by atoms with Crippen LogP contribution in [-0.2, 0) is 4.79 Å². The van der Waals surface area contributed by atoms with Crippen molar-refractivity contribution >= 4 is 5.78 Å². The first-order valence-electron chi connectivity index (χ1n) is 7.63. The van der Waals surface area contributed by atoms with Crippen LogP contribution in [0.25, 0.3) is 0 Å². The number of hydrogen-bond donors (Lipinski definition) is 1. The Balaban J connectivity index is 0. The Labute approximate surface area is 114 Å². The maximum Gasteiger partial charge on any atom is 0.149 e. The van der Waals surface area contributed by atoms with E-state index < -0.39 is 0 Å². The van der Waals surface area contributed by atoms with Gasteiger partial charge in [-0.15, -0.1) is 0 Å². The molecule has 1 fully saturated rings. The molecule has 0 aromatic rings. The Bertz CT molecular complexity index is 195. The number of carbonyl (C=O) groups excluding carboxylic acids is 1. The van der Waals surface area contributed by atoms with Crippen molar-refractivity contribution in [2.24, 2.45) is 5.73 Å². The average Bonchev–Trinajstić information content (AvgIpc) is 2.44. The summed E-state index contributed by atoms with van der Waals surface area (Å²) in [6.07, 6.45) is 5.16. The fourth-order valence-electron chi connectivity index (χ4n) is 2.13. The van der Waals surface area contributed by atoms with Crippen LogP contribution in [0.2, 0.25) is 0 Å². The van der Waals surface area contributed by atoms with Crippen molar-refractivity contribution in [2.45, 2.75) is 78.8 Å². The van der Waals surface area contributed by atoms with Gasteiger partial charge in [0.15, 0.2) is 0 Å². The third kappa shape index (κ3) is 7.83. The minimum atomic E-state index is -0.245. The highest BCUT2D eigenvalue weighted by Gasteiger charge is 2.23. The molecule has 0 aromatic carbocycles. The van der Waals surface area contributed by atoms with E-state index in [9.17, 15) is 4.79 Å². The van der Waals surface area contributed by atoms with Crippen molar-refractivity contribution in [3.8, 4) is 0 Å². The van der Waals surface area contributed by atoms with Gasteiger partial charge >= 0.3 is 0 Å². The lowest BCUT2D eigenvalue weighted by Crippen LogP contribution is -2.43. The summed E-state index contributed by atoms with van der Waals surface area (Å²) in [5.74, 6) is 0.198. The summed E-state index contributed by atoms with van der Waals surface area (Å²) >= 11 is 0. The molecule has 0 aromatic heterocycles. The molecule has 2 N–H and O–H groups in total. The molecular weight excluding hydrogens is 224 g/mol. The first-order chi connectivity index (χ1) is 8.65. The molecule has 2 unspecified atom stereocenters. The molecule has 0 amide bonds. The van der Waals surface area contributed by atoms with Gasteiger partial charge in [0.05, 0.1) is 6.04 Å². The van der Waals surface area contributed by atoms with Gasteiger partial charge < -0.3 is 10.6 Å². The van der Waals surface area contributed by atoms with Crippen molar-refractivity contribution in [3.05, 3.63) is 0 Å². The van der Waals surface area contributed by atoms with E-state index in [4.69, 9.17) is 5.73 Å². The highest BCUT2D eigenvalue weighted by Crippen LogP contribution is 2.18. The van der Waals surface area contributed by atoms with Gasteiger partial charge in [0.25, 0.3) is 0 Å². The second kappa shape index (κ2) is 13.0. The normalized spacial score (nSPS) is 20.9. The molecule has 0 radical (unpaired) electrons. The van der Waals surface area contributed by atoms with Crippen molar-refractivity contribution in [3.63, 3.8) is 0 Å². The minimum Gasteiger partial charge on any atom is -0.321 e. The summed E-state index contributed by atoms with van der Waals surface area (Å²) in [6.45, 7) is 11.0. The van der Waals surface area contributed by atoms with E-state index in [0.29, 0.717) is 12.5 Å². The zero-order valence-corrected chi connectivity index (χ0v) is 13.3. The lowest BCUT2D eigenvalue weighted by Gasteiger charge is -2.33. The topological polar surface area (TPSA) is 46.3 Å². The van der Waals surface area contributed by atoms with E-state index in [1.807, 2.05) is 34.6 Å². The van der Waals surface area contributed by atoms with Crippen LogP contribution in [-0.4, -0.2) is 36.4 Å². The maximum atomic E-state index is 11.3. The first kappa shape index (κ1) is 19.9. The zero-order chi connectivity index (χ0) is 14.6. The van der Waals surface area contributed by atoms with Crippen molar-refractivity contribution in [2.75, 3.05) is 13.6 Å². The molecule has 18 heavy (non-hydrogen) atoms. The Morgan fingerprint density at radius 1 is 1.28 bits per heavy atom. The Morgan fingerprint density at radius 2 is 1.83 bits per heavy atom. The highest BCUT2D eigenvalue weighted by atomic mass is 16.1. The SMILES string of the molecule is CC.CC.CCC(=O)C(N)CC1CCCCN1C. The van der Waals surface area contributed by atoms with E-state index in [-0.39, 0.29) is 11.8 Å². The largest absolute Gasteiger partial charge is 0.321 e. The van der Waals surface area contributed by atoms with Crippen LogP contribution >= 0.6 is 0 Å². The third-order valence-corrected chi connectivity index (χ3v) is 3.21. The highest BCUT2D eigenvalue weighted by molar-refractivity contribution is 5.83. The van der Waals surface area contributed by atoms with Crippen LogP contribution in [0.15, 0.2) is 0 Å². The number of Topliss-reactive ketones (excluding diaryl/α,β-unsaturated/α-hetero) is 1. The van der Waals surface area contributed by atoms with E-state index in [1.54, 1.807) is 0 Å². The van der Waals surface area contributed by atoms with Gasteiger partial charge in [-0.25, -0.2) is 0 Å². The summed E-state index contributed by atoms with van der Waals surface area (Å²) in [5, 5.41) is 0. The predicted octanol–water partition coefficient (Wildman–Crippen LogP) is 3.22. The molecule has 3 heteroatoms. The van der Waals surface area contributed by atoms with Crippen LogP contribution in [0.3, 0.4) is 0 Å². The number of likely N-dealkylation sites (tertiary alicyclic amines) is 1. The summed E-state index contributed by atoms with van der Waals surface area (Å²) in [6, 6.07) is 0.278. The molecule has 0 aliphatic carbocycles. The van der Waals surface area contributed by atoms with Crippen LogP contribution < -0.4 is 5.73 Å². The van der Waals surface area contributed by atoms with Crippen molar-refractivity contribution in [1.29, 1.82) is 0 Å². The van der Waals surface area contributed by atoms with E-state index in [0.717, 1.165) is 13.0 Å². The van der Waals surface area contributed by atoms with Gasteiger partial charge in [0, 0.05) is 12.5 Å². The monoisotopic (exact) mass is 258 g/mol. The van der Waals surface area contributed by atoms with E-state index >= 15 is 0 Å². The minimum absolute atomic E-state index is 0.198. The number of rotatable bonds is 4. The quantitative estimate of drug-likeness (QED) is 0.842. The molecule has 110 valence electrons. The van der Waals surface area contributed by atoms with E-state index in [1.165, 1.54) is 19.3 Å². The summed E-state index contributed by atoms with van der Waals surface area (Å²) in [4.78, 5) is 13.7. The van der Waals surface area contributed by atoms with Crippen LogP contribution in [0.5, 0.6) is 0 Å². The lowest BCUT2D eigenvalue weighted by atomic mass is 9.94. The predicted molar refractivity (Wildman–Crippen MR) is 80.9 cm³/mol. The van der Waals surface area contributed by atoms with Crippen LogP contribution in [0.1, 0.15) is 66.7 Å². The molecule has 1 aliphatic rings. The van der Waals surface area contributed by atoms with Crippen molar-refractivity contribution in [1.82, 2.24) is 4.90 Å². The third-order valence-electron chi connectivity index (χ3n) is 3.21. The molecule has 3 nitrogen and oxygen atoms in total. The molecule has 2 atom stereocenters. The van der Waals surface area contributed by atoms with Gasteiger partial charge in [0.2, 0.25) is 0 Å². The van der Waals surface area contributed by atoms with Gasteiger partial charge in [-0.05, 0) is 32.9 Å². The average molecular weight is 258 g/mol. The van der Waals surface area contributed by atoms with E-state index in [2.05, 4.69) is 11.9 Å². The number of nitrogens with zero attached hydrogens (tertiary/aromatic N) is 1.